The van der Waals surface area contributed by atoms with Gasteiger partial charge < -0.3 is 9.64 Å². The lowest BCUT2D eigenvalue weighted by molar-refractivity contribution is -0.225. The molecule has 2 aromatic carbocycles. The highest BCUT2D eigenvalue weighted by Crippen LogP contribution is 2.56. The second-order valence-corrected chi connectivity index (χ2v) is 10.7. The molecule has 188 valence electrons. The lowest BCUT2D eigenvalue weighted by Gasteiger charge is -2.43. The smallest absolute Gasteiger partial charge is 0.276 e. The minimum atomic E-state index is -3.01. The van der Waals surface area contributed by atoms with Crippen LogP contribution in [0.25, 0.3) is 11.1 Å². The molecule has 5 nitrogen and oxygen atoms in total. The molecule has 1 N–H and O–H groups in total. The Balaban J connectivity index is 1.51. The number of benzene rings is 2. The number of halogens is 4. The molecule has 0 aromatic heterocycles. The molecule has 2 aliphatic heterocycles. The molecule has 0 radical (unpaired) electrons. The molecule has 2 heterocycles. The standard InChI is InChI=1S/C25H26F4N2O3S/c26-15-35(33)30-21-19(13-17-7-4-8-18(20(17)27)16-5-2-1-3-6-16)31(14-24(21)9-10-24)23(32)25(22(28)29)11-12-34-25/h1-8,19,21-22,30H,9-15H2. The Kier molecular flexibility index (Phi) is 6.48. The average Bonchev–Trinajstić information content (AvgIpc) is 3.54. The van der Waals surface area contributed by atoms with Gasteiger partial charge in [0, 0.05) is 30.0 Å². The van der Waals surface area contributed by atoms with Gasteiger partial charge in [0.15, 0.2) is 6.01 Å². The maximum atomic E-state index is 15.7. The van der Waals surface area contributed by atoms with Gasteiger partial charge in [-0.05, 0) is 30.4 Å². The molecule has 4 unspecified atom stereocenters. The van der Waals surface area contributed by atoms with Gasteiger partial charge in [-0.25, -0.2) is 26.5 Å². The van der Waals surface area contributed by atoms with E-state index < -0.39 is 58.2 Å². The van der Waals surface area contributed by atoms with Crippen LogP contribution in [0.3, 0.4) is 0 Å². The minimum Gasteiger partial charge on any atom is -0.359 e. The van der Waals surface area contributed by atoms with Crippen molar-refractivity contribution in [3.63, 3.8) is 0 Å². The zero-order chi connectivity index (χ0) is 24.8. The minimum absolute atomic E-state index is 0.000464. The summed E-state index contributed by atoms with van der Waals surface area (Å²) in [4.78, 5) is 14.8. The predicted octanol–water partition coefficient (Wildman–Crippen LogP) is 4.00. The molecule has 1 aliphatic carbocycles. The van der Waals surface area contributed by atoms with Crippen LogP contribution in [0.1, 0.15) is 24.8 Å². The molecule has 35 heavy (non-hydrogen) atoms. The Bertz CT molecular complexity index is 1120. The number of rotatable bonds is 8. The highest BCUT2D eigenvalue weighted by atomic mass is 32.2. The van der Waals surface area contributed by atoms with E-state index in [-0.39, 0.29) is 26.0 Å². The van der Waals surface area contributed by atoms with E-state index in [0.717, 1.165) is 0 Å². The summed E-state index contributed by atoms with van der Waals surface area (Å²) in [7, 11) is -2.02. The van der Waals surface area contributed by atoms with Gasteiger partial charge in [0.1, 0.15) is 16.8 Å². The van der Waals surface area contributed by atoms with Crippen LogP contribution in [0.5, 0.6) is 0 Å². The fraction of sp³-hybridized carbons (Fsp3) is 0.480. The van der Waals surface area contributed by atoms with E-state index in [1.54, 1.807) is 42.5 Å². The largest absolute Gasteiger partial charge is 0.359 e. The number of amides is 1. The first-order chi connectivity index (χ1) is 16.8. The number of alkyl halides is 3. The van der Waals surface area contributed by atoms with Crippen LogP contribution in [0.15, 0.2) is 48.5 Å². The third-order valence-corrected chi connectivity index (χ3v) is 8.30. The molecule has 10 heteroatoms. The van der Waals surface area contributed by atoms with Crippen molar-refractivity contribution in [3.8, 4) is 11.1 Å². The molecule has 1 amide bonds. The van der Waals surface area contributed by atoms with Crippen LogP contribution in [0.4, 0.5) is 17.6 Å². The van der Waals surface area contributed by atoms with E-state index >= 15 is 4.39 Å². The summed E-state index contributed by atoms with van der Waals surface area (Å²) in [5.41, 5.74) is -1.37. The molecule has 5 rings (SSSR count). The van der Waals surface area contributed by atoms with Crippen molar-refractivity contribution in [3.05, 3.63) is 59.9 Å². The van der Waals surface area contributed by atoms with Crippen LogP contribution < -0.4 is 4.72 Å². The maximum Gasteiger partial charge on any atom is 0.276 e. The van der Waals surface area contributed by atoms with E-state index in [9.17, 15) is 22.2 Å². The molecule has 4 atom stereocenters. The van der Waals surface area contributed by atoms with Gasteiger partial charge in [0.05, 0.1) is 12.6 Å². The SMILES string of the molecule is O=C(N1CC2(CC2)C(NS(=O)CF)C1Cc1cccc(-c2ccccc2)c1F)C1(C(F)F)CCO1. The number of ether oxygens (including phenoxy) is 1. The predicted molar refractivity (Wildman–Crippen MR) is 123 cm³/mol. The number of carbonyl (C=O) groups excluding carboxylic acids is 1. The van der Waals surface area contributed by atoms with Gasteiger partial charge in [-0.15, -0.1) is 0 Å². The first-order valence-electron chi connectivity index (χ1n) is 11.6. The summed E-state index contributed by atoms with van der Waals surface area (Å²) in [5.74, 6) is -1.32. The van der Waals surface area contributed by atoms with Crippen molar-refractivity contribution in [1.29, 1.82) is 0 Å². The Morgan fingerprint density at radius 1 is 1.14 bits per heavy atom. The quantitative estimate of drug-likeness (QED) is 0.547. The van der Waals surface area contributed by atoms with Crippen molar-refractivity contribution < 1.29 is 31.3 Å². The fourth-order valence-corrected chi connectivity index (χ4v) is 6.16. The van der Waals surface area contributed by atoms with E-state index in [2.05, 4.69) is 4.72 Å². The Hall–Kier alpha value is -2.30. The first kappa shape index (κ1) is 24.4. The van der Waals surface area contributed by atoms with Crippen molar-refractivity contribution in [2.75, 3.05) is 19.2 Å². The maximum absolute atomic E-state index is 15.7. The molecule has 3 fully saturated rings. The zero-order valence-electron chi connectivity index (χ0n) is 18.9. The third kappa shape index (κ3) is 4.19. The number of hydrogen-bond donors (Lipinski definition) is 1. The van der Waals surface area contributed by atoms with Crippen LogP contribution in [-0.4, -0.2) is 58.3 Å². The number of carbonyl (C=O) groups is 1. The average molecular weight is 511 g/mol. The topological polar surface area (TPSA) is 58.6 Å². The van der Waals surface area contributed by atoms with Crippen molar-refractivity contribution in [2.45, 2.75) is 49.8 Å². The second kappa shape index (κ2) is 9.29. The van der Waals surface area contributed by atoms with Gasteiger partial charge >= 0.3 is 0 Å². The van der Waals surface area contributed by atoms with Crippen LogP contribution in [0.2, 0.25) is 0 Å². The summed E-state index contributed by atoms with van der Waals surface area (Å²) >= 11 is 0. The van der Waals surface area contributed by atoms with Gasteiger partial charge in [-0.3, -0.25) is 4.79 Å². The zero-order valence-corrected chi connectivity index (χ0v) is 19.7. The lowest BCUT2D eigenvalue weighted by atomic mass is 9.90. The van der Waals surface area contributed by atoms with Crippen LogP contribution in [0, 0.1) is 11.2 Å². The van der Waals surface area contributed by atoms with Gasteiger partial charge in [0.25, 0.3) is 12.3 Å². The molecular weight excluding hydrogens is 484 g/mol. The highest BCUT2D eigenvalue weighted by Gasteiger charge is 2.65. The van der Waals surface area contributed by atoms with Crippen molar-refractivity contribution >= 4 is 16.9 Å². The van der Waals surface area contributed by atoms with Crippen molar-refractivity contribution in [1.82, 2.24) is 9.62 Å². The summed E-state index contributed by atoms with van der Waals surface area (Å²) in [6.45, 7) is 0.205. The summed E-state index contributed by atoms with van der Waals surface area (Å²) in [6.07, 6.45) is -1.77. The molecule has 2 saturated heterocycles. The number of nitrogens with zero attached hydrogens (tertiary/aromatic N) is 1. The summed E-state index contributed by atoms with van der Waals surface area (Å²) in [5, 5.41) is 0. The second-order valence-electron chi connectivity index (χ2n) is 9.55. The van der Waals surface area contributed by atoms with E-state index in [1.165, 1.54) is 4.90 Å². The lowest BCUT2D eigenvalue weighted by Crippen LogP contribution is -2.63. The molecule has 2 aromatic rings. The summed E-state index contributed by atoms with van der Waals surface area (Å²) in [6, 6.07) is 11.4. The first-order valence-corrected chi connectivity index (χ1v) is 12.9. The molecule has 0 bridgehead atoms. The van der Waals surface area contributed by atoms with Crippen LogP contribution in [-0.2, 0) is 26.9 Å². The Morgan fingerprint density at radius 2 is 1.86 bits per heavy atom. The van der Waals surface area contributed by atoms with E-state index in [4.69, 9.17) is 4.74 Å². The highest BCUT2D eigenvalue weighted by molar-refractivity contribution is 7.82. The van der Waals surface area contributed by atoms with E-state index in [1.807, 2.05) is 6.07 Å². The molecule has 1 spiro atoms. The molecule has 1 saturated carbocycles. The fourth-order valence-electron chi connectivity index (χ4n) is 5.40. The summed E-state index contributed by atoms with van der Waals surface area (Å²) < 4.78 is 76.7. The van der Waals surface area contributed by atoms with Gasteiger partial charge in [0.2, 0.25) is 5.60 Å². The Labute approximate surface area is 203 Å². The van der Waals surface area contributed by atoms with Crippen molar-refractivity contribution in [2.24, 2.45) is 5.41 Å². The van der Waals surface area contributed by atoms with E-state index in [0.29, 0.717) is 29.5 Å². The molecule has 3 aliphatic rings. The number of likely N-dealkylation sites (tertiary alicyclic amines) is 1. The molecular formula is C25H26F4N2O3S. The number of hydrogen-bond acceptors (Lipinski definition) is 3. The Morgan fingerprint density at radius 3 is 2.43 bits per heavy atom. The number of nitrogens with one attached hydrogen (secondary N) is 1. The monoisotopic (exact) mass is 510 g/mol. The van der Waals surface area contributed by atoms with Gasteiger partial charge in [-0.2, -0.15) is 0 Å². The third-order valence-electron chi connectivity index (χ3n) is 7.58. The van der Waals surface area contributed by atoms with Gasteiger partial charge in [-0.1, -0.05) is 48.5 Å². The normalized spacial score (nSPS) is 27.7. The van der Waals surface area contributed by atoms with Crippen LogP contribution >= 0.6 is 0 Å².